The molecule has 1 aromatic heterocycles. The van der Waals surface area contributed by atoms with Crippen molar-refractivity contribution < 1.29 is 4.79 Å². The highest BCUT2D eigenvalue weighted by Crippen LogP contribution is 2.48. The van der Waals surface area contributed by atoms with Crippen molar-refractivity contribution >= 4 is 23.3 Å². The predicted molar refractivity (Wildman–Crippen MR) is 104 cm³/mol. The largest absolute Gasteiger partial charge is 0.322 e. The van der Waals surface area contributed by atoms with Gasteiger partial charge in [-0.05, 0) is 61.8 Å². The lowest BCUT2D eigenvalue weighted by Gasteiger charge is -2.54. The smallest absolute Gasteiger partial charge is 0.318 e. The highest BCUT2D eigenvalue weighted by molar-refractivity contribution is 6.31. The maximum Gasteiger partial charge on any atom is 0.322 e. The fourth-order valence-corrected chi connectivity index (χ4v) is 5.35. The van der Waals surface area contributed by atoms with E-state index in [1.807, 2.05) is 23.1 Å². The number of benzene rings is 1. The molecule has 2 aromatic rings. The van der Waals surface area contributed by atoms with Crippen molar-refractivity contribution in [2.75, 3.05) is 5.32 Å². The van der Waals surface area contributed by atoms with Gasteiger partial charge in [-0.1, -0.05) is 18.5 Å². The Morgan fingerprint density at radius 1 is 1.15 bits per heavy atom. The molecule has 1 N–H and O–H groups in total. The van der Waals surface area contributed by atoms with Gasteiger partial charge in [-0.25, -0.2) is 4.79 Å². The van der Waals surface area contributed by atoms with Crippen LogP contribution in [0.5, 0.6) is 0 Å². The maximum absolute atomic E-state index is 12.8. The normalized spacial score (nSPS) is 31.8. The molecule has 2 aliphatic heterocycles. The van der Waals surface area contributed by atoms with E-state index in [1.165, 1.54) is 0 Å². The van der Waals surface area contributed by atoms with Gasteiger partial charge in [0.2, 0.25) is 0 Å². The summed E-state index contributed by atoms with van der Waals surface area (Å²) in [4.78, 5) is 16.6. The van der Waals surface area contributed by atoms with Gasteiger partial charge in [-0.2, -0.15) is 15.0 Å². The number of anilines is 1. The summed E-state index contributed by atoms with van der Waals surface area (Å²) in [5, 5.41) is 12.4. The fourth-order valence-electron chi connectivity index (χ4n) is 5.09. The second-order valence-corrected chi connectivity index (χ2v) is 8.70. The van der Waals surface area contributed by atoms with E-state index in [4.69, 9.17) is 11.6 Å². The molecule has 1 aromatic carbocycles. The molecule has 2 aliphatic carbocycles. The molecule has 0 spiro atoms. The molecule has 2 saturated carbocycles. The summed E-state index contributed by atoms with van der Waals surface area (Å²) >= 11 is 6.49. The number of halogens is 1. The first-order chi connectivity index (χ1) is 13.1. The number of fused-ring (bicyclic) bond motifs is 2. The average Bonchev–Trinajstić information content (AvgIpc) is 3.10. The van der Waals surface area contributed by atoms with Crippen LogP contribution in [0.2, 0.25) is 5.02 Å². The van der Waals surface area contributed by atoms with E-state index >= 15 is 0 Å². The first-order valence-electron chi connectivity index (χ1n) is 9.84. The third kappa shape index (κ3) is 2.90. The highest BCUT2D eigenvalue weighted by Gasteiger charge is 2.46. The zero-order chi connectivity index (χ0) is 18.5. The molecular weight excluding hydrogens is 362 g/mol. The van der Waals surface area contributed by atoms with Crippen molar-refractivity contribution in [2.45, 2.75) is 63.1 Å². The molecule has 2 amide bonds. The van der Waals surface area contributed by atoms with E-state index in [2.05, 4.69) is 22.4 Å². The minimum Gasteiger partial charge on any atom is -0.318 e. The van der Waals surface area contributed by atoms with Crippen LogP contribution in [-0.4, -0.2) is 38.0 Å². The number of rotatable bonds is 3. The molecule has 3 unspecified atom stereocenters. The van der Waals surface area contributed by atoms with Gasteiger partial charge >= 0.3 is 6.03 Å². The van der Waals surface area contributed by atoms with E-state index in [0.29, 0.717) is 12.1 Å². The molecule has 6 nitrogen and oxygen atoms in total. The monoisotopic (exact) mass is 385 g/mol. The molecule has 27 heavy (non-hydrogen) atoms. The van der Waals surface area contributed by atoms with E-state index in [9.17, 15) is 4.79 Å². The van der Waals surface area contributed by atoms with Crippen LogP contribution < -0.4 is 5.32 Å². The lowest BCUT2D eigenvalue weighted by atomic mass is 9.74. The third-order valence-electron chi connectivity index (χ3n) is 6.53. The number of piperidine rings is 1. The van der Waals surface area contributed by atoms with E-state index in [0.717, 1.165) is 54.3 Å². The summed E-state index contributed by atoms with van der Waals surface area (Å²) in [7, 11) is 0. The van der Waals surface area contributed by atoms with Gasteiger partial charge in [-0.15, -0.1) is 0 Å². The number of aromatic nitrogens is 3. The third-order valence-corrected chi connectivity index (χ3v) is 6.88. The van der Waals surface area contributed by atoms with Crippen molar-refractivity contribution in [2.24, 2.45) is 5.92 Å². The summed E-state index contributed by atoms with van der Waals surface area (Å²) in [5.74, 6) is 1.01. The Labute approximate surface area is 163 Å². The quantitative estimate of drug-likeness (QED) is 0.848. The molecule has 0 radical (unpaired) electrons. The molecule has 4 aliphatic rings. The standard InChI is InChI=1S/C20H24ClN5O/c1-12-8-14-11-15(9-12)25(14)20(27)24-13-2-4-18(21)17(10-13)16-3-5-19(16)26-22-6-7-23-26/h2,4,6-7,10,12,14-16,19H,3,5,8-9,11H2,1H3,(H,24,27)/t12?,14-,15?,16?,19+/m1/s1. The minimum absolute atomic E-state index is 0.0234. The Bertz CT molecular complexity index is 842. The number of hydrogen-bond donors (Lipinski definition) is 1. The molecule has 7 heteroatoms. The van der Waals surface area contributed by atoms with Crippen LogP contribution in [0.3, 0.4) is 0 Å². The van der Waals surface area contributed by atoms with Crippen LogP contribution in [0, 0.1) is 5.92 Å². The van der Waals surface area contributed by atoms with Crippen LogP contribution in [-0.2, 0) is 0 Å². The number of carbonyl (C=O) groups is 1. The SMILES string of the molecule is CC1CC2C[C@@H](C1)N2C(=O)Nc1ccc(Cl)c(C2CC[C@@H]2n2nccn2)c1. The summed E-state index contributed by atoms with van der Waals surface area (Å²) in [6.45, 7) is 2.28. The van der Waals surface area contributed by atoms with Crippen LogP contribution in [0.15, 0.2) is 30.6 Å². The minimum atomic E-state index is 0.0234. The van der Waals surface area contributed by atoms with Gasteiger partial charge in [0.05, 0.1) is 18.4 Å². The van der Waals surface area contributed by atoms with E-state index in [-0.39, 0.29) is 18.0 Å². The molecule has 142 valence electrons. The van der Waals surface area contributed by atoms with Crippen LogP contribution >= 0.6 is 11.6 Å². The van der Waals surface area contributed by atoms with Gasteiger partial charge in [-0.3, -0.25) is 0 Å². The highest BCUT2D eigenvalue weighted by atomic mass is 35.5. The van der Waals surface area contributed by atoms with Gasteiger partial charge < -0.3 is 10.2 Å². The lowest BCUT2D eigenvalue weighted by Crippen LogP contribution is -2.63. The second-order valence-electron chi connectivity index (χ2n) is 8.29. The van der Waals surface area contributed by atoms with Crippen molar-refractivity contribution in [1.82, 2.24) is 19.9 Å². The zero-order valence-electron chi connectivity index (χ0n) is 15.4. The Balaban J connectivity index is 1.32. The number of nitrogens with zero attached hydrogens (tertiary/aromatic N) is 4. The van der Waals surface area contributed by atoms with Crippen LogP contribution in [0.25, 0.3) is 0 Å². The molecule has 4 fully saturated rings. The van der Waals surface area contributed by atoms with Gasteiger partial charge in [0.15, 0.2) is 0 Å². The Kier molecular flexibility index (Phi) is 4.11. The van der Waals surface area contributed by atoms with Gasteiger partial charge in [0, 0.05) is 28.7 Å². The Morgan fingerprint density at radius 3 is 2.56 bits per heavy atom. The molecule has 5 atom stereocenters. The Hall–Kier alpha value is -2.08. The predicted octanol–water partition coefficient (Wildman–Crippen LogP) is 4.45. The summed E-state index contributed by atoms with van der Waals surface area (Å²) in [6.07, 6.45) is 8.91. The van der Waals surface area contributed by atoms with Crippen molar-refractivity contribution in [3.8, 4) is 0 Å². The first-order valence-corrected chi connectivity index (χ1v) is 10.2. The molecule has 6 rings (SSSR count). The summed E-state index contributed by atoms with van der Waals surface area (Å²) in [6, 6.07) is 6.88. The second kappa shape index (κ2) is 6.51. The lowest BCUT2D eigenvalue weighted by molar-refractivity contribution is -0.00601. The average molecular weight is 386 g/mol. The Morgan fingerprint density at radius 2 is 1.89 bits per heavy atom. The van der Waals surface area contributed by atoms with Crippen molar-refractivity contribution in [1.29, 1.82) is 0 Å². The number of urea groups is 1. The van der Waals surface area contributed by atoms with Gasteiger partial charge in [0.1, 0.15) is 0 Å². The first kappa shape index (κ1) is 17.0. The van der Waals surface area contributed by atoms with Gasteiger partial charge in [0.25, 0.3) is 0 Å². The zero-order valence-corrected chi connectivity index (χ0v) is 16.1. The molecular formula is C20H24ClN5O. The molecule has 2 bridgehead atoms. The van der Waals surface area contributed by atoms with Crippen LogP contribution in [0.1, 0.15) is 56.6 Å². The summed E-state index contributed by atoms with van der Waals surface area (Å²) in [5.41, 5.74) is 1.89. The van der Waals surface area contributed by atoms with E-state index < -0.39 is 0 Å². The van der Waals surface area contributed by atoms with Crippen molar-refractivity contribution in [3.05, 3.63) is 41.2 Å². The number of amides is 2. The summed E-state index contributed by atoms with van der Waals surface area (Å²) < 4.78 is 0. The number of carbonyl (C=O) groups excluding carboxylic acids is 1. The maximum atomic E-state index is 12.8. The molecule has 2 saturated heterocycles. The molecule has 3 heterocycles. The van der Waals surface area contributed by atoms with Crippen LogP contribution in [0.4, 0.5) is 10.5 Å². The number of nitrogens with one attached hydrogen (secondary N) is 1. The van der Waals surface area contributed by atoms with E-state index in [1.54, 1.807) is 17.2 Å². The fraction of sp³-hybridized carbons (Fsp3) is 0.550. The van der Waals surface area contributed by atoms with Crippen molar-refractivity contribution in [3.63, 3.8) is 0 Å². The number of hydrogen-bond acceptors (Lipinski definition) is 3. The topological polar surface area (TPSA) is 63.1 Å².